The van der Waals surface area contributed by atoms with Crippen LogP contribution in [0.2, 0.25) is 0 Å². The topological polar surface area (TPSA) is 41.6 Å². The highest BCUT2D eigenvalue weighted by Crippen LogP contribution is 2.20. The highest BCUT2D eigenvalue weighted by atomic mass is 79.9. The monoisotopic (exact) mass is 306 g/mol. The van der Waals surface area contributed by atoms with Gasteiger partial charge in [0, 0.05) is 18.4 Å². The molecule has 0 aliphatic carbocycles. The van der Waals surface area contributed by atoms with Crippen molar-refractivity contribution < 1.29 is 9.53 Å². The van der Waals surface area contributed by atoms with E-state index in [0.29, 0.717) is 0 Å². The van der Waals surface area contributed by atoms with Crippen molar-refractivity contribution in [3.8, 4) is 0 Å². The van der Waals surface area contributed by atoms with Crippen LogP contribution in [-0.2, 0) is 4.74 Å². The molecule has 0 aromatic carbocycles. The lowest BCUT2D eigenvalue weighted by Gasteiger charge is -2.32. The molecule has 1 heterocycles. The van der Waals surface area contributed by atoms with E-state index < -0.39 is 5.60 Å². The maximum Gasteiger partial charge on any atom is 0.422 e. The van der Waals surface area contributed by atoms with Crippen molar-refractivity contribution in [3.05, 3.63) is 0 Å². The maximum absolute atomic E-state index is 11.6. The molecule has 1 amide bonds. The lowest BCUT2D eigenvalue weighted by Crippen LogP contribution is -2.48. The third-order valence-electron chi connectivity index (χ3n) is 2.78. The van der Waals surface area contributed by atoms with Crippen LogP contribution in [0.4, 0.5) is 4.79 Å². The molecule has 0 bridgehead atoms. The summed E-state index contributed by atoms with van der Waals surface area (Å²) in [6.45, 7) is 7.44. The molecule has 0 aromatic rings. The quantitative estimate of drug-likeness (QED) is 0.815. The second kappa shape index (κ2) is 6.59. The minimum Gasteiger partial charge on any atom is -0.443 e. The Morgan fingerprint density at radius 2 is 2.00 bits per heavy atom. The van der Waals surface area contributed by atoms with E-state index in [1.54, 1.807) is 0 Å². The zero-order valence-electron chi connectivity index (χ0n) is 11.0. The zero-order chi connectivity index (χ0) is 12.9. The van der Waals surface area contributed by atoms with Crippen LogP contribution in [0.25, 0.3) is 0 Å². The molecule has 1 aliphatic heterocycles. The molecule has 17 heavy (non-hydrogen) atoms. The van der Waals surface area contributed by atoms with Gasteiger partial charge in [-0.25, -0.2) is 9.80 Å². The number of carbonyl (C=O) groups excluding carboxylic acids is 1. The van der Waals surface area contributed by atoms with Gasteiger partial charge in [-0.05, 0) is 46.0 Å². The van der Waals surface area contributed by atoms with Crippen molar-refractivity contribution in [2.75, 3.05) is 18.4 Å². The van der Waals surface area contributed by atoms with E-state index in [4.69, 9.17) is 4.74 Å². The molecule has 0 radical (unpaired) electrons. The molecule has 4 nitrogen and oxygen atoms in total. The van der Waals surface area contributed by atoms with E-state index in [1.807, 2.05) is 25.8 Å². The fourth-order valence-electron chi connectivity index (χ4n) is 1.92. The summed E-state index contributed by atoms with van der Waals surface area (Å²) < 4.78 is 5.22. The average molecular weight is 307 g/mol. The van der Waals surface area contributed by atoms with Crippen molar-refractivity contribution in [2.24, 2.45) is 5.92 Å². The van der Waals surface area contributed by atoms with E-state index in [-0.39, 0.29) is 6.09 Å². The van der Waals surface area contributed by atoms with E-state index in [0.717, 1.165) is 37.2 Å². The summed E-state index contributed by atoms with van der Waals surface area (Å²) in [6, 6.07) is 0. The number of nitrogens with zero attached hydrogens (tertiary/aromatic N) is 1. The van der Waals surface area contributed by atoms with Crippen LogP contribution in [0.1, 0.15) is 40.0 Å². The number of piperidine rings is 1. The third kappa shape index (κ3) is 6.27. The van der Waals surface area contributed by atoms with Gasteiger partial charge >= 0.3 is 6.09 Å². The zero-order valence-corrected chi connectivity index (χ0v) is 12.5. The Balaban J connectivity index is 2.24. The van der Waals surface area contributed by atoms with Crippen LogP contribution in [0, 0.1) is 5.92 Å². The Kier molecular flexibility index (Phi) is 5.73. The van der Waals surface area contributed by atoms with Gasteiger partial charge in [0.25, 0.3) is 0 Å². The molecule has 0 atom stereocenters. The van der Waals surface area contributed by atoms with Gasteiger partial charge in [-0.1, -0.05) is 15.9 Å². The predicted octanol–water partition coefficient (Wildman–Crippen LogP) is 2.92. The molecule has 1 aliphatic rings. The second-order valence-corrected chi connectivity index (χ2v) is 6.31. The summed E-state index contributed by atoms with van der Waals surface area (Å²) in [6.07, 6.45) is 3.15. The van der Waals surface area contributed by atoms with Crippen molar-refractivity contribution in [1.29, 1.82) is 0 Å². The Morgan fingerprint density at radius 1 is 1.41 bits per heavy atom. The number of ether oxygens (including phenoxy) is 1. The molecular weight excluding hydrogens is 284 g/mol. The second-order valence-electron chi connectivity index (χ2n) is 5.52. The van der Waals surface area contributed by atoms with E-state index in [2.05, 4.69) is 21.4 Å². The molecule has 0 unspecified atom stereocenters. The molecule has 0 saturated carbocycles. The minimum atomic E-state index is -0.432. The molecular formula is C12H23BrN2O2. The van der Waals surface area contributed by atoms with E-state index in [9.17, 15) is 4.79 Å². The number of hydrogen-bond acceptors (Lipinski definition) is 3. The summed E-state index contributed by atoms with van der Waals surface area (Å²) in [4.78, 5) is 11.6. The van der Waals surface area contributed by atoms with Crippen LogP contribution in [0.3, 0.4) is 0 Å². The lowest BCUT2D eigenvalue weighted by molar-refractivity contribution is 0.0264. The van der Waals surface area contributed by atoms with Gasteiger partial charge < -0.3 is 4.74 Å². The number of carbonyl (C=O) groups is 1. The number of halogens is 1. The summed E-state index contributed by atoms with van der Waals surface area (Å²) in [5.74, 6) is 0.783. The normalized spacial score (nSPS) is 19.1. The summed E-state index contributed by atoms with van der Waals surface area (Å²) in [7, 11) is 0. The Bertz CT molecular complexity index is 245. The molecule has 1 fully saturated rings. The number of nitrogens with one attached hydrogen (secondary N) is 1. The van der Waals surface area contributed by atoms with Gasteiger partial charge in [0.05, 0.1) is 0 Å². The largest absolute Gasteiger partial charge is 0.443 e. The fourth-order valence-corrected chi connectivity index (χ4v) is 2.57. The minimum absolute atomic E-state index is 0.351. The average Bonchev–Trinajstić information content (AvgIpc) is 2.18. The van der Waals surface area contributed by atoms with Crippen molar-refractivity contribution in [3.63, 3.8) is 0 Å². The first-order valence-electron chi connectivity index (χ1n) is 6.21. The highest BCUT2D eigenvalue weighted by Gasteiger charge is 2.22. The summed E-state index contributed by atoms with van der Waals surface area (Å²) >= 11 is 3.47. The van der Waals surface area contributed by atoms with Crippen molar-refractivity contribution in [1.82, 2.24) is 10.4 Å². The lowest BCUT2D eigenvalue weighted by atomic mass is 9.95. The molecule has 5 heteroatoms. The first kappa shape index (κ1) is 14.8. The number of alkyl halides is 1. The first-order chi connectivity index (χ1) is 7.90. The maximum atomic E-state index is 11.6. The van der Waals surface area contributed by atoms with Crippen LogP contribution in [0.15, 0.2) is 0 Å². The molecule has 0 aromatic heterocycles. The standard InChI is InChI=1S/C12H23BrN2O2/c1-12(2,3)17-11(16)14-15-8-5-10(4-7-13)6-9-15/h10H,4-9H2,1-3H3,(H,14,16). The number of hydrogen-bond donors (Lipinski definition) is 1. The Labute approximate surface area is 112 Å². The third-order valence-corrected chi connectivity index (χ3v) is 3.24. The SMILES string of the molecule is CC(C)(C)OC(=O)NN1CCC(CCBr)CC1. The van der Waals surface area contributed by atoms with E-state index in [1.165, 1.54) is 6.42 Å². The molecule has 0 spiro atoms. The Hall–Kier alpha value is -0.290. The van der Waals surface area contributed by atoms with Crippen LogP contribution < -0.4 is 5.43 Å². The summed E-state index contributed by atoms with van der Waals surface area (Å²) in [5.41, 5.74) is 2.37. The van der Waals surface area contributed by atoms with E-state index >= 15 is 0 Å². The number of amides is 1. The van der Waals surface area contributed by atoms with Gasteiger partial charge in [0.2, 0.25) is 0 Å². The summed E-state index contributed by atoms with van der Waals surface area (Å²) in [5, 5.41) is 3.02. The smallest absolute Gasteiger partial charge is 0.422 e. The van der Waals surface area contributed by atoms with Gasteiger partial charge in [-0.3, -0.25) is 5.43 Å². The molecule has 1 rings (SSSR count). The number of hydrazine groups is 1. The fraction of sp³-hybridized carbons (Fsp3) is 0.917. The predicted molar refractivity (Wildman–Crippen MR) is 72.1 cm³/mol. The molecule has 1 saturated heterocycles. The van der Waals surface area contributed by atoms with Crippen molar-refractivity contribution >= 4 is 22.0 Å². The van der Waals surface area contributed by atoms with Crippen molar-refractivity contribution in [2.45, 2.75) is 45.6 Å². The Morgan fingerprint density at radius 3 is 2.47 bits per heavy atom. The number of rotatable bonds is 3. The van der Waals surface area contributed by atoms with Gasteiger partial charge in [0.1, 0.15) is 5.60 Å². The van der Waals surface area contributed by atoms with Gasteiger partial charge in [-0.2, -0.15) is 0 Å². The molecule has 100 valence electrons. The highest BCUT2D eigenvalue weighted by molar-refractivity contribution is 9.09. The van der Waals surface area contributed by atoms with Gasteiger partial charge in [0.15, 0.2) is 0 Å². The van der Waals surface area contributed by atoms with Crippen LogP contribution >= 0.6 is 15.9 Å². The first-order valence-corrected chi connectivity index (χ1v) is 7.33. The molecule has 1 N–H and O–H groups in total. The van der Waals surface area contributed by atoms with Crippen LogP contribution in [-0.4, -0.2) is 35.1 Å². The van der Waals surface area contributed by atoms with Crippen LogP contribution in [0.5, 0.6) is 0 Å². The van der Waals surface area contributed by atoms with Gasteiger partial charge in [-0.15, -0.1) is 0 Å².